The Morgan fingerprint density at radius 1 is 1.29 bits per heavy atom. The molecule has 0 bridgehead atoms. The van der Waals surface area contributed by atoms with Crippen molar-refractivity contribution in [1.29, 1.82) is 0 Å². The van der Waals surface area contributed by atoms with Crippen molar-refractivity contribution in [3.05, 3.63) is 52.2 Å². The highest BCUT2D eigenvalue weighted by Gasteiger charge is 2.33. The molecule has 0 radical (unpaired) electrons. The maximum absolute atomic E-state index is 12.7. The number of benzene rings is 1. The van der Waals surface area contributed by atoms with Crippen LogP contribution in [-0.4, -0.2) is 23.5 Å². The van der Waals surface area contributed by atoms with Crippen molar-refractivity contribution in [2.75, 3.05) is 6.61 Å². The molecule has 1 saturated carbocycles. The highest BCUT2D eigenvalue weighted by Crippen LogP contribution is 2.30. The third-order valence-corrected chi connectivity index (χ3v) is 4.43. The topological polar surface area (TPSA) is 29.5 Å². The second kappa shape index (κ2) is 6.31. The lowest BCUT2D eigenvalue weighted by atomic mass is 10.2. The van der Waals surface area contributed by atoms with Crippen molar-refractivity contribution in [3.63, 3.8) is 0 Å². The van der Waals surface area contributed by atoms with Gasteiger partial charge in [-0.2, -0.15) is 0 Å². The van der Waals surface area contributed by atoms with Crippen LogP contribution in [0.25, 0.3) is 0 Å². The zero-order valence-electron chi connectivity index (χ0n) is 12.1. The van der Waals surface area contributed by atoms with Gasteiger partial charge in [0, 0.05) is 16.5 Å². The molecule has 3 nitrogen and oxygen atoms in total. The molecule has 1 fully saturated rings. The van der Waals surface area contributed by atoms with Gasteiger partial charge >= 0.3 is 0 Å². The van der Waals surface area contributed by atoms with E-state index in [4.69, 9.17) is 4.74 Å². The van der Waals surface area contributed by atoms with Crippen LogP contribution in [0.3, 0.4) is 0 Å². The van der Waals surface area contributed by atoms with Gasteiger partial charge in [0.1, 0.15) is 5.75 Å². The summed E-state index contributed by atoms with van der Waals surface area (Å²) in [6.45, 7) is 3.31. The van der Waals surface area contributed by atoms with Gasteiger partial charge in [-0.3, -0.25) is 4.79 Å². The number of nitrogens with zero attached hydrogens (tertiary/aromatic N) is 1. The Morgan fingerprint density at radius 3 is 2.62 bits per heavy atom. The molecule has 1 amide bonds. The Hall–Kier alpha value is -1.81. The lowest BCUT2D eigenvalue weighted by Gasteiger charge is -2.22. The van der Waals surface area contributed by atoms with Crippen LogP contribution in [0.4, 0.5) is 0 Å². The molecule has 0 aliphatic heterocycles. The Bertz CT molecular complexity index is 588. The molecule has 1 aliphatic carbocycles. The van der Waals surface area contributed by atoms with E-state index in [1.165, 1.54) is 4.88 Å². The first-order valence-corrected chi connectivity index (χ1v) is 8.22. The highest BCUT2D eigenvalue weighted by molar-refractivity contribution is 7.09. The van der Waals surface area contributed by atoms with Crippen molar-refractivity contribution in [2.45, 2.75) is 32.4 Å². The number of thiophene rings is 1. The minimum atomic E-state index is 0.119. The maximum Gasteiger partial charge on any atom is 0.254 e. The molecule has 1 aromatic heterocycles. The van der Waals surface area contributed by atoms with Gasteiger partial charge in [0.25, 0.3) is 5.91 Å². The fraction of sp³-hybridized carbons (Fsp3) is 0.353. The summed E-state index contributed by atoms with van der Waals surface area (Å²) in [6.07, 6.45) is 2.24. The molecule has 0 saturated heterocycles. The van der Waals surface area contributed by atoms with Gasteiger partial charge in [-0.05, 0) is 55.5 Å². The van der Waals surface area contributed by atoms with Gasteiger partial charge < -0.3 is 9.64 Å². The summed E-state index contributed by atoms with van der Waals surface area (Å²) >= 11 is 1.70. The molecule has 0 atom stereocenters. The number of carbonyl (C=O) groups is 1. The van der Waals surface area contributed by atoms with Gasteiger partial charge in [0.05, 0.1) is 13.2 Å². The Kier molecular flexibility index (Phi) is 4.25. The van der Waals surface area contributed by atoms with Crippen molar-refractivity contribution in [3.8, 4) is 5.75 Å². The summed E-state index contributed by atoms with van der Waals surface area (Å²) in [5, 5.41) is 2.06. The van der Waals surface area contributed by atoms with E-state index in [0.29, 0.717) is 19.2 Å². The number of carbonyl (C=O) groups excluding carboxylic acids is 1. The Labute approximate surface area is 129 Å². The monoisotopic (exact) mass is 301 g/mol. The SMILES string of the molecule is CCOc1ccc(C(=O)N(Cc2cccs2)C2CC2)cc1. The Morgan fingerprint density at radius 2 is 2.05 bits per heavy atom. The smallest absolute Gasteiger partial charge is 0.254 e. The van der Waals surface area contributed by atoms with E-state index in [-0.39, 0.29) is 5.91 Å². The predicted molar refractivity (Wildman–Crippen MR) is 84.8 cm³/mol. The summed E-state index contributed by atoms with van der Waals surface area (Å²) in [7, 11) is 0. The van der Waals surface area contributed by atoms with E-state index in [1.54, 1.807) is 11.3 Å². The molecule has 1 aromatic carbocycles. The average Bonchev–Trinajstić information content (AvgIpc) is 3.22. The molecule has 0 unspecified atom stereocenters. The minimum absolute atomic E-state index is 0.119. The van der Waals surface area contributed by atoms with Crippen molar-refractivity contribution in [2.24, 2.45) is 0 Å². The molecule has 21 heavy (non-hydrogen) atoms. The summed E-state index contributed by atoms with van der Waals surface area (Å²) in [5.74, 6) is 0.930. The fourth-order valence-electron chi connectivity index (χ4n) is 2.35. The van der Waals surface area contributed by atoms with Crippen LogP contribution in [0.5, 0.6) is 5.75 Å². The zero-order valence-corrected chi connectivity index (χ0v) is 12.9. The van der Waals surface area contributed by atoms with Gasteiger partial charge in [-0.1, -0.05) is 6.07 Å². The van der Waals surface area contributed by atoms with Crippen molar-refractivity contribution >= 4 is 17.2 Å². The van der Waals surface area contributed by atoms with E-state index in [0.717, 1.165) is 24.2 Å². The third kappa shape index (κ3) is 3.45. The van der Waals surface area contributed by atoms with Crippen LogP contribution in [0, 0.1) is 0 Å². The standard InChI is InChI=1S/C17H19NO2S/c1-2-20-15-9-5-13(6-10-15)17(19)18(14-7-8-14)12-16-4-3-11-21-16/h3-6,9-11,14H,2,7-8,12H2,1H3. The summed E-state index contributed by atoms with van der Waals surface area (Å²) in [5.41, 5.74) is 0.738. The van der Waals surface area contributed by atoms with E-state index in [1.807, 2.05) is 42.2 Å². The summed E-state index contributed by atoms with van der Waals surface area (Å²) in [4.78, 5) is 16.0. The summed E-state index contributed by atoms with van der Waals surface area (Å²) < 4.78 is 5.42. The lowest BCUT2D eigenvalue weighted by molar-refractivity contribution is 0.0731. The van der Waals surface area contributed by atoms with Crippen LogP contribution >= 0.6 is 11.3 Å². The average molecular weight is 301 g/mol. The second-order valence-corrected chi connectivity index (χ2v) is 6.23. The number of ether oxygens (including phenoxy) is 1. The molecule has 4 heteroatoms. The minimum Gasteiger partial charge on any atom is -0.494 e. The molecule has 1 heterocycles. The van der Waals surface area contributed by atoms with E-state index >= 15 is 0 Å². The molecule has 0 spiro atoms. The van der Waals surface area contributed by atoms with E-state index in [2.05, 4.69) is 11.4 Å². The largest absolute Gasteiger partial charge is 0.494 e. The lowest BCUT2D eigenvalue weighted by Crippen LogP contribution is -2.32. The van der Waals surface area contributed by atoms with Crippen LogP contribution < -0.4 is 4.74 Å². The van der Waals surface area contributed by atoms with Gasteiger partial charge in [-0.25, -0.2) is 0 Å². The molecule has 2 aromatic rings. The van der Waals surface area contributed by atoms with Crippen LogP contribution in [0.2, 0.25) is 0 Å². The van der Waals surface area contributed by atoms with Crippen molar-refractivity contribution < 1.29 is 9.53 Å². The summed E-state index contributed by atoms with van der Waals surface area (Å²) in [6, 6.07) is 12.0. The molecule has 3 rings (SSSR count). The third-order valence-electron chi connectivity index (χ3n) is 3.57. The highest BCUT2D eigenvalue weighted by atomic mass is 32.1. The maximum atomic E-state index is 12.7. The fourth-order valence-corrected chi connectivity index (χ4v) is 3.05. The molecular weight excluding hydrogens is 282 g/mol. The van der Waals surface area contributed by atoms with Crippen LogP contribution in [0.1, 0.15) is 35.0 Å². The van der Waals surface area contributed by atoms with Crippen LogP contribution in [-0.2, 0) is 6.54 Å². The quantitative estimate of drug-likeness (QED) is 0.808. The second-order valence-electron chi connectivity index (χ2n) is 5.20. The molecule has 0 N–H and O–H groups in total. The number of hydrogen-bond acceptors (Lipinski definition) is 3. The van der Waals surface area contributed by atoms with Crippen LogP contribution in [0.15, 0.2) is 41.8 Å². The molecule has 1 aliphatic rings. The van der Waals surface area contributed by atoms with Gasteiger partial charge in [0.2, 0.25) is 0 Å². The Balaban J connectivity index is 1.74. The van der Waals surface area contributed by atoms with E-state index in [9.17, 15) is 4.79 Å². The molecule has 110 valence electrons. The first kappa shape index (κ1) is 14.1. The van der Waals surface area contributed by atoms with Gasteiger partial charge in [-0.15, -0.1) is 11.3 Å². The first-order valence-electron chi connectivity index (χ1n) is 7.34. The first-order chi connectivity index (χ1) is 10.3. The predicted octanol–water partition coefficient (Wildman–Crippen LogP) is 3.95. The zero-order chi connectivity index (χ0) is 14.7. The van der Waals surface area contributed by atoms with Gasteiger partial charge in [0.15, 0.2) is 0 Å². The number of rotatable bonds is 6. The van der Waals surface area contributed by atoms with Crippen molar-refractivity contribution in [1.82, 2.24) is 4.90 Å². The normalized spacial score (nSPS) is 14.0. The van der Waals surface area contributed by atoms with E-state index < -0.39 is 0 Å². The number of hydrogen-bond donors (Lipinski definition) is 0. The number of amides is 1. The molecular formula is C17H19NO2S.